The first-order valence-electron chi connectivity index (χ1n) is 17.9. The number of hydrogen-bond acceptors (Lipinski definition) is 9. The highest BCUT2D eigenvalue weighted by Gasteiger charge is 2.44. The molecule has 0 spiro atoms. The van der Waals surface area contributed by atoms with Crippen LogP contribution in [0, 0.1) is 0 Å². The Morgan fingerprint density at radius 1 is 0.702 bits per heavy atom. The van der Waals surface area contributed by atoms with Crippen molar-refractivity contribution in [3.63, 3.8) is 0 Å². The summed E-state index contributed by atoms with van der Waals surface area (Å²) in [5.74, 6) is -0.349. The van der Waals surface area contributed by atoms with Crippen molar-refractivity contribution in [1.82, 2.24) is 0 Å². The average Bonchev–Trinajstić information content (AvgIpc) is 3.07. The maximum absolute atomic E-state index is 12.6. The molecule has 9 heteroatoms. The first-order chi connectivity index (χ1) is 22.9. The van der Waals surface area contributed by atoms with Crippen molar-refractivity contribution in [2.24, 2.45) is 0 Å². The van der Waals surface area contributed by atoms with Gasteiger partial charge in [0.15, 0.2) is 6.29 Å². The van der Waals surface area contributed by atoms with Crippen LogP contribution in [0.4, 0.5) is 0 Å². The summed E-state index contributed by atoms with van der Waals surface area (Å²) >= 11 is 0. The van der Waals surface area contributed by atoms with E-state index in [-0.39, 0.29) is 19.2 Å². The summed E-state index contributed by atoms with van der Waals surface area (Å²) in [5.41, 5.74) is 0. The standard InChI is InChI=1S/C38H64O9/c1-3-5-7-9-11-13-15-16-17-18-20-22-24-26-28-44-30-32(31-45-38-37(43)36(42)35(41)33(29-39)47-38)46-34(40)27-25-23-21-19-14-12-10-8-6-4-2/h5,7-8,10-11,13,16-17,20,22,32-33,35-39,41-43H,3-4,6,9,12,14-15,18-19,21,23-31H2,1-2H3/b7-5-,10-8-,13-11-,17-16-,22-20-. The maximum Gasteiger partial charge on any atom is 0.306 e. The van der Waals surface area contributed by atoms with Crippen molar-refractivity contribution in [2.75, 3.05) is 26.4 Å². The number of aliphatic hydroxyl groups excluding tert-OH is 4. The second-order valence-electron chi connectivity index (χ2n) is 11.9. The molecule has 47 heavy (non-hydrogen) atoms. The number of carbonyl (C=O) groups excluding carboxylic acids is 1. The van der Waals surface area contributed by atoms with Crippen LogP contribution < -0.4 is 0 Å². The molecular weight excluding hydrogens is 600 g/mol. The van der Waals surface area contributed by atoms with E-state index >= 15 is 0 Å². The molecule has 1 rings (SSSR count). The number of aliphatic hydroxyl groups is 4. The predicted octanol–water partition coefficient (Wildman–Crippen LogP) is 6.40. The van der Waals surface area contributed by atoms with E-state index in [1.807, 2.05) is 0 Å². The van der Waals surface area contributed by atoms with Crippen LogP contribution in [-0.4, -0.2) is 89.6 Å². The Balaban J connectivity index is 2.42. The lowest BCUT2D eigenvalue weighted by Crippen LogP contribution is -2.59. The quantitative estimate of drug-likeness (QED) is 0.0426. The summed E-state index contributed by atoms with van der Waals surface area (Å²) in [7, 11) is 0. The van der Waals surface area contributed by atoms with Gasteiger partial charge < -0.3 is 39.4 Å². The van der Waals surface area contributed by atoms with Gasteiger partial charge in [-0.15, -0.1) is 0 Å². The second-order valence-corrected chi connectivity index (χ2v) is 11.9. The van der Waals surface area contributed by atoms with Gasteiger partial charge in [0.05, 0.1) is 19.8 Å². The van der Waals surface area contributed by atoms with Crippen LogP contribution in [0.15, 0.2) is 60.8 Å². The second kappa shape index (κ2) is 30.0. The number of allylic oxidation sites excluding steroid dienone is 10. The molecule has 0 aromatic rings. The zero-order valence-corrected chi connectivity index (χ0v) is 29.0. The van der Waals surface area contributed by atoms with Crippen molar-refractivity contribution in [3.05, 3.63) is 60.8 Å². The molecule has 6 unspecified atom stereocenters. The predicted molar refractivity (Wildman–Crippen MR) is 187 cm³/mol. The summed E-state index contributed by atoms with van der Waals surface area (Å²) in [6.45, 7) is 4.18. The molecule has 0 saturated carbocycles. The van der Waals surface area contributed by atoms with Gasteiger partial charge in [-0.1, -0.05) is 100 Å². The fraction of sp³-hybridized carbons (Fsp3) is 0.711. The zero-order valence-electron chi connectivity index (χ0n) is 29.0. The molecule has 0 bridgehead atoms. The lowest BCUT2D eigenvalue weighted by molar-refractivity contribution is -0.305. The van der Waals surface area contributed by atoms with Crippen molar-refractivity contribution in [2.45, 2.75) is 147 Å². The van der Waals surface area contributed by atoms with Crippen molar-refractivity contribution in [1.29, 1.82) is 0 Å². The Hall–Kier alpha value is -2.11. The van der Waals surface area contributed by atoms with Gasteiger partial charge in [-0.3, -0.25) is 4.79 Å². The fourth-order valence-electron chi connectivity index (χ4n) is 4.85. The molecular formula is C38H64O9. The van der Waals surface area contributed by atoms with Crippen LogP contribution in [0.3, 0.4) is 0 Å². The van der Waals surface area contributed by atoms with E-state index in [1.54, 1.807) is 0 Å². The zero-order chi connectivity index (χ0) is 34.4. The molecule has 6 atom stereocenters. The summed E-state index contributed by atoms with van der Waals surface area (Å²) in [6.07, 6.45) is 28.4. The molecule has 1 saturated heterocycles. The lowest BCUT2D eigenvalue weighted by atomic mass is 9.99. The summed E-state index contributed by atoms with van der Waals surface area (Å²) in [5, 5.41) is 39.8. The van der Waals surface area contributed by atoms with E-state index < -0.39 is 43.4 Å². The third-order valence-electron chi connectivity index (χ3n) is 7.65. The van der Waals surface area contributed by atoms with E-state index in [0.717, 1.165) is 83.5 Å². The minimum Gasteiger partial charge on any atom is -0.457 e. The van der Waals surface area contributed by atoms with Crippen LogP contribution in [0.2, 0.25) is 0 Å². The number of hydrogen-bond donors (Lipinski definition) is 4. The van der Waals surface area contributed by atoms with Gasteiger partial charge in [0.1, 0.15) is 30.5 Å². The Labute approximate surface area is 284 Å². The topological polar surface area (TPSA) is 135 Å². The molecule has 270 valence electrons. The maximum atomic E-state index is 12.6. The van der Waals surface area contributed by atoms with Crippen molar-refractivity contribution >= 4 is 5.97 Å². The largest absolute Gasteiger partial charge is 0.457 e. The first kappa shape index (κ1) is 42.9. The average molecular weight is 665 g/mol. The third-order valence-corrected chi connectivity index (χ3v) is 7.65. The van der Waals surface area contributed by atoms with Crippen molar-refractivity contribution < 1.29 is 44.2 Å². The van der Waals surface area contributed by atoms with Crippen molar-refractivity contribution in [3.8, 4) is 0 Å². The Bertz CT molecular complexity index is 896. The number of ether oxygens (including phenoxy) is 4. The minimum atomic E-state index is -1.55. The molecule has 1 aliphatic heterocycles. The number of rotatable bonds is 28. The van der Waals surface area contributed by atoms with E-state index in [4.69, 9.17) is 18.9 Å². The monoisotopic (exact) mass is 664 g/mol. The van der Waals surface area contributed by atoms with Gasteiger partial charge in [0.2, 0.25) is 0 Å². The molecule has 1 fully saturated rings. The normalized spacial score (nSPS) is 22.9. The molecule has 1 heterocycles. The van der Waals surface area contributed by atoms with Gasteiger partial charge in [0, 0.05) is 13.0 Å². The van der Waals surface area contributed by atoms with Crippen LogP contribution in [0.1, 0.15) is 110 Å². The van der Waals surface area contributed by atoms with E-state index in [9.17, 15) is 25.2 Å². The molecule has 0 aromatic heterocycles. The minimum absolute atomic E-state index is 0.100. The van der Waals surface area contributed by atoms with Crippen LogP contribution in [0.25, 0.3) is 0 Å². The fourth-order valence-corrected chi connectivity index (χ4v) is 4.85. The Morgan fingerprint density at radius 2 is 1.30 bits per heavy atom. The molecule has 0 amide bonds. The smallest absolute Gasteiger partial charge is 0.306 e. The highest BCUT2D eigenvalue weighted by atomic mass is 16.7. The molecule has 9 nitrogen and oxygen atoms in total. The lowest BCUT2D eigenvalue weighted by Gasteiger charge is -2.39. The van der Waals surface area contributed by atoms with E-state index in [2.05, 4.69) is 74.6 Å². The van der Waals surface area contributed by atoms with Gasteiger partial charge >= 0.3 is 5.97 Å². The Morgan fingerprint density at radius 3 is 1.98 bits per heavy atom. The van der Waals surface area contributed by atoms with Crippen LogP contribution in [0.5, 0.6) is 0 Å². The van der Waals surface area contributed by atoms with Crippen LogP contribution in [-0.2, 0) is 23.7 Å². The first-order valence-corrected chi connectivity index (χ1v) is 17.9. The molecule has 0 aliphatic carbocycles. The summed E-state index contributed by atoms with van der Waals surface area (Å²) in [6, 6.07) is 0. The highest BCUT2D eigenvalue weighted by molar-refractivity contribution is 5.69. The van der Waals surface area contributed by atoms with Gasteiger partial charge in [-0.2, -0.15) is 0 Å². The van der Waals surface area contributed by atoms with Gasteiger partial charge in [0.25, 0.3) is 0 Å². The van der Waals surface area contributed by atoms with E-state index in [1.165, 1.54) is 6.42 Å². The van der Waals surface area contributed by atoms with Gasteiger partial charge in [-0.05, 0) is 64.2 Å². The van der Waals surface area contributed by atoms with Crippen LogP contribution >= 0.6 is 0 Å². The molecule has 1 aliphatic rings. The third kappa shape index (κ3) is 22.2. The number of esters is 1. The van der Waals surface area contributed by atoms with Gasteiger partial charge in [-0.25, -0.2) is 0 Å². The highest BCUT2D eigenvalue weighted by Crippen LogP contribution is 2.22. The summed E-state index contributed by atoms with van der Waals surface area (Å²) < 4.78 is 22.5. The van der Waals surface area contributed by atoms with E-state index in [0.29, 0.717) is 13.0 Å². The summed E-state index contributed by atoms with van der Waals surface area (Å²) in [4.78, 5) is 12.6. The molecule has 0 aromatic carbocycles. The molecule has 0 radical (unpaired) electrons. The SMILES string of the molecule is CC/C=C\C/C=C\C/C=C\C/C=C\CCCOCC(COC1OC(CO)C(O)C(O)C1O)OC(=O)CCCCCCC/C=C\CCC. The Kier molecular flexibility index (Phi) is 27.4. The number of carbonyl (C=O) groups is 1. The molecule has 4 N–H and O–H groups in total. The number of unbranched alkanes of at least 4 members (excludes halogenated alkanes) is 7.